The molecule has 1 saturated heterocycles. The molecule has 3 aliphatic rings. The van der Waals surface area contributed by atoms with Crippen molar-refractivity contribution in [2.24, 2.45) is 11.3 Å². The predicted molar refractivity (Wildman–Crippen MR) is 130 cm³/mol. The molecular formula is C26H33N3O3S. The molecule has 7 heteroatoms. The molecule has 1 aliphatic heterocycles. The van der Waals surface area contributed by atoms with Gasteiger partial charge in [-0.05, 0) is 80.2 Å². The van der Waals surface area contributed by atoms with E-state index in [-0.39, 0.29) is 22.5 Å². The van der Waals surface area contributed by atoms with Crippen molar-refractivity contribution < 1.29 is 13.2 Å². The number of nitrogens with one attached hydrogen (secondary N) is 1. The van der Waals surface area contributed by atoms with Gasteiger partial charge in [0.1, 0.15) is 5.82 Å². The van der Waals surface area contributed by atoms with Crippen molar-refractivity contribution in [2.75, 3.05) is 29.1 Å². The molecule has 1 aromatic carbocycles. The Morgan fingerprint density at radius 2 is 1.79 bits per heavy atom. The maximum absolute atomic E-state index is 13.2. The normalized spacial score (nSPS) is 20.5. The molecule has 2 aliphatic carbocycles. The smallest absolute Gasteiger partial charge is 0.259 e. The number of rotatable bonds is 6. The molecule has 1 spiro atoms. The molecule has 2 saturated carbocycles. The highest BCUT2D eigenvalue weighted by Gasteiger charge is 2.44. The van der Waals surface area contributed by atoms with Crippen LogP contribution < -0.4 is 10.2 Å². The number of amides is 1. The summed E-state index contributed by atoms with van der Waals surface area (Å²) in [5.74, 6) is 0.880. The van der Waals surface area contributed by atoms with Crippen molar-refractivity contribution in [2.45, 2.75) is 62.7 Å². The van der Waals surface area contributed by atoms with E-state index in [9.17, 15) is 13.2 Å². The third-order valence-corrected chi connectivity index (χ3v) is 9.63. The van der Waals surface area contributed by atoms with Crippen LogP contribution in [0.2, 0.25) is 0 Å². The van der Waals surface area contributed by atoms with E-state index >= 15 is 0 Å². The highest BCUT2D eigenvalue weighted by molar-refractivity contribution is 7.91. The summed E-state index contributed by atoms with van der Waals surface area (Å²) in [5.41, 5.74) is 1.58. The first-order valence-electron chi connectivity index (χ1n) is 12.3. The van der Waals surface area contributed by atoms with E-state index in [1.807, 2.05) is 0 Å². The van der Waals surface area contributed by atoms with Crippen LogP contribution >= 0.6 is 0 Å². The monoisotopic (exact) mass is 467 g/mol. The molecule has 0 unspecified atom stereocenters. The van der Waals surface area contributed by atoms with Gasteiger partial charge in [0.25, 0.3) is 5.91 Å². The first-order chi connectivity index (χ1) is 15.9. The number of carbonyl (C=O) groups excluding carboxylic acids is 1. The van der Waals surface area contributed by atoms with Gasteiger partial charge in [0.05, 0.1) is 16.2 Å². The van der Waals surface area contributed by atoms with Crippen LogP contribution in [0.1, 0.15) is 68.1 Å². The summed E-state index contributed by atoms with van der Waals surface area (Å²) in [7, 11) is -3.39. The van der Waals surface area contributed by atoms with Crippen molar-refractivity contribution in [1.82, 2.24) is 4.98 Å². The Balaban J connectivity index is 1.30. The van der Waals surface area contributed by atoms with Gasteiger partial charge in [0.2, 0.25) is 0 Å². The van der Waals surface area contributed by atoms with Crippen LogP contribution in [-0.2, 0) is 9.84 Å². The lowest BCUT2D eigenvalue weighted by Gasteiger charge is -2.33. The van der Waals surface area contributed by atoms with Gasteiger partial charge in [-0.3, -0.25) is 4.79 Å². The number of hydrogen-bond donors (Lipinski definition) is 1. The first kappa shape index (κ1) is 22.4. The number of benzene rings is 1. The van der Waals surface area contributed by atoms with Crippen molar-refractivity contribution in [3.8, 4) is 0 Å². The molecular weight excluding hydrogens is 434 g/mol. The Morgan fingerprint density at radius 3 is 2.52 bits per heavy atom. The number of piperidine rings is 1. The minimum atomic E-state index is -3.39. The summed E-state index contributed by atoms with van der Waals surface area (Å²) >= 11 is 0. The van der Waals surface area contributed by atoms with Crippen LogP contribution in [0.25, 0.3) is 0 Å². The molecule has 0 atom stereocenters. The fourth-order valence-electron chi connectivity index (χ4n) is 5.42. The van der Waals surface area contributed by atoms with Gasteiger partial charge in [-0.15, -0.1) is 0 Å². The Morgan fingerprint density at radius 1 is 1.03 bits per heavy atom. The number of anilines is 2. The molecule has 5 rings (SSSR count). The predicted octanol–water partition coefficient (Wildman–Crippen LogP) is 5.07. The zero-order valence-electron chi connectivity index (χ0n) is 19.1. The minimum Gasteiger partial charge on any atom is -0.356 e. The first-order valence-corrected chi connectivity index (χ1v) is 13.9. The number of sulfone groups is 1. The lowest BCUT2D eigenvalue weighted by Crippen LogP contribution is -2.36. The molecule has 3 fully saturated rings. The zero-order valence-corrected chi connectivity index (χ0v) is 19.9. The van der Waals surface area contributed by atoms with Crippen LogP contribution in [0.4, 0.5) is 11.5 Å². The van der Waals surface area contributed by atoms with Crippen molar-refractivity contribution >= 4 is 27.2 Å². The Hall–Kier alpha value is -2.41. The number of hydrogen-bond acceptors (Lipinski definition) is 5. The van der Waals surface area contributed by atoms with Gasteiger partial charge in [-0.2, -0.15) is 0 Å². The highest BCUT2D eigenvalue weighted by Crippen LogP contribution is 2.53. The topological polar surface area (TPSA) is 79.4 Å². The maximum atomic E-state index is 13.2. The highest BCUT2D eigenvalue weighted by atomic mass is 32.2. The Labute approximate surface area is 196 Å². The van der Waals surface area contributed by atoms with Gasteiger partial charge >= 0.3 is 0 Å². The Kier molecular flexibility index (Phi) is 6.16. The minimum absolute atomic E-state index is 0.188. The third-order valence-electron chi connectivity index (χ3n) is 7.74. The lowest BCUT2D eigenvalue weighted by molar-refractivity contribution is 0.102. The number of carbonyl (C=O) groups is 1. The number of pyridine rings is 1. The summed E-state index contributed by atoms with van der Waals surface area (Å²) < 4.78 is 26.0. The number of nitrogens with zero attached hydrogens (tertiary/aromatic N) is 2. The standard InChI is InChI=1S/C26H33N3O3S/c30-25(23-10-5-15-27-24(23)29-16-13-26(11-12-26)14-17-29)28-21-8-4-9-22(18-21)33(31,32)19-20-6-2-1-3-7-20/h4-5,8-10,15,18,20H,1-3,6-7,11-14,16-17,19H2,(H,28,30). The van der Waals surface area contributed by atoms with Gasteiger partial charge in [-0.1, -0.05) is 25.3 Å². The molecule has 6 nitrogen and oxygen atoms in total. The van der Waals surface area contributed by atoms with Gasteiger partial charge in [-0.25, -0.2) is 13.4 Å². The van der Waals surface area contributed by atoms with Crippen molar-refractivity contribution in [1.29, 1.82) is 0 Å². The van der Waals surface area contributed by atoms with E-state index in [2.05, 4.69) is 15.2 Å². The fraction of sp³-hybridized carbons (Fsp3) is 0.538. The van der Waals surface area contributed by atoms with E-state index in [1.54, 1.807) is 42.6 Å². The SMILES string of the molecule is O=C(Nc1cccc(S(=O)(=O)CC2CCCCC2)c1)c1cccnc1N1CCC2(CC1)CC2. The summed E-state index contributed by atoms with van der Waals surface area (Å²) in [5, 5.41) is 2.91. The largest absolute Gasteiger partial charge is 0.356 e. The van der Waals surface area contributed by atoms with Gasteiger partial charge in [0, 0.05) is 25.0 Å². The molecule has 176 valence electrons. The molecule has 33 heavy (non-hydrogen) atoms. The molecule has 2 aromatic rings. The van der Waals surface area contributed by atoms with Crippen molar-refractivity contribution in [3.63, 3.8) is 0 Å². The molecule has 1 aromatic heterocycles. The second kappa shape index (κ2) is 9.09. The van der Waals surface area contributed by atoms with E-state index in [0.29, 0.717) is 22.5 Å². The second-order valence-electron chi connectivity index (χ2n) is 10.1. The van der Waals surface area contributed by atoms with Crippen molar-refractivity contribution in [3.05, 3.63) is 48.2 Å². The summed E-state index contributed by atoms with van der Waals surface area (Å²) in [6, 6.07) is 10.2. The van der Waals surface area contributed by atoms with Crippen LogP contribution in [0.15, 0.2) is 47.5 Å². The molecule has 2 heterocycles. The third kappa shape index (κ3) is 5.08. The van der Waals surface area contributed by atoms with Gasteiger partial charge < -0.3 is 10.2 Å². The van der Waals surface area contributed by atoms with Crippen LogP contribution in [-0.4, -0.2) is 38.2 Å². The van der Waals surface area contributed by atoms with E-state index in [0.717, 1.165) is 51.6 Å². The lowest BCUT2D eigenvalue weighted by atomic mass is 9.91. The van der Waals surface area contributed by atoms with Crippen LogP contribution in [0, 0.1) is 11.3 Å². The number of aromatic nitrogens is 1. The van der Waals surface area contributed by atoms with E-state index in [1.165, 1.54) is 19.3 Å². The van der Waals surface area contributed by atoms with Crippen LogP contribution in [0.5, 0.6) is 0 Å². The molecule has 1 N–H and O–H groups in total. The quantitative estimate of drug-likeness (QED) is 0.642. The molecule has 1 amide bonds. The zero-order chi connectivity index (χ0) is 22.9. The van der Waals surface area contributed by atoms with E-state index < -0.39 is 9.84 Å². The summed E-state index contributed by atoms with van der Waals surface area (Å²) in [6.45, 7) is 1.85. The van der Waals surface area contributed by atoms with Gasteiger partial charge in [0.15, 0.2) is 9.84 Å². The molecule has 0 radical (unpaired) electrons. The average molecular weight is 468 g/mol. The summed E-state index contributed by atoms with van der Waals surface area (Å²) in [6.07, 6.45) is 12.1. The second-order valence-corrected chi connectivity index (χ2v) is 12.2. The average Bonchev–Trinajstić information content (AvgIpc) is 3.59. The Bertz CT molecular complexity index is 1110. The fourth-order valence-corrected chi connectivity index (χ4v) is 7.16. The molecule has 0 bridgehead atoms. The van der Waals surface area contributed by atoms with Crippen LogP contribution in [0.3, 0.4) is 0 Å². The maximum Gasteiger partial charge on any atom is 0.259 e. The summed E-state index contributed by atoms with van der Waals surface area (Å²) in [4.78, 5) is 20.2. The van der Waals surface area contributed by atoms with E-state index in [4.69, 9.17) is 0 Å².